The number of likely N-dealkylation sites (tertiary alicyclic amines) is 1. The number of fused-ring (bicyclic) bond motifs is 1. The molecule has 110 valence electrons. The van der Waals surface area contributed by atoms with Gasteiger partial charge in [0.25, 0.3) is 5.91 Å². The third-order valence-electron chi connectivity index (χ3n) is 4.89. The summed E-state index contributed by atoms with van der Waals surface area (Å²) in [5.41, 5.74) is 1.47. The van der Waals surface area contributed by atoms with Crippen LogP contribution in [-0.4, -0.2) is 29.1 Å². The number of amides is 1. The largest absolute Gasteiger partial charge is 0.360 e. The van der Waals surface area contributed by atoms with Crippen molar-refractivity contribution in [1.29, 1.82) is 0 Å². The predicted octanol–water partition coefficient (Wildman–Crippen LogP) is 3.20. The van der Waals surface area contributed by atoms with Crippen molar-refractivity contribution >= 4 is 5.91 Å². The number of hydrogen-bond acceptors (Lipinski definition) is 3. The van der Waals surface area contributed by atoms with Crippen molar-refractivity contribution in [2.75, 3.05) is 13.1 Å². The van der Waals surface area contributed by atoms with Crippen LogP contribution in [0.1, 0.15) is 60.8 Å². The molecule has 1 aromatic rings. The molecule has 1 aliphatic heterocycles. The lowest BCUT2D eigenvalue weighted by atomic mass is 9.82. The molecule has 0 radical (unpaired) electrons. The molecule has 1 saturated carbocycles. The maximum Gasteiger partial charge on any atom is 0.259 e. The van der Waals surface area contributed by atoms with Crippen molar-refractivity contribution in [2.45, 2.75) is 52.4 Å². The summed E-state index contributed by atoms with van der Waals surface area (Å²) >= 11 is 0. The van der Waals surface area contributed by atoms with E-state index in [1.807, 2.05) is 11.8 Å². The lowest BCUT2D eigenvalue weighted by molar-refractivity contribution is 0.0781. The van der Waals surface area contributed by atoms with Crippen LogP contribution in [0.15, 0.2) is 4.52 Å². The van der Waals surface area contributed by atoms with Gasteiger partial charge in [0.05, 0.1) is 5.69 Å². The van der Waals surface area contributed by atoms with Crippen molar-refractivity contribution in [1.82, 2.24) is 10.1 Å². The van der Waals surface area contributed by atoms with E-state index in [4.69, 9.17) is 4.52 Å². The Hall–Kier alpha value is -1.32. The van der Waals surface area contributed by atoms with Crippen molar-refractivity contribution in [3.63, 3.8) is 0 Å². The van der Waals surface area contributed by atoms with Gasteiger partial charge in [-0.25, -0.2) is 0 Å². The van der Waals surface area contributed by atoms with Crippen LogP contribution in [0.2, 0.25) is 0 Å². The second-order valence-corrected chi connectivity index (χ2v) is 6.33. The molecule has 2 heterocycles. The Morgan fingerprint density at radius 1 is 1.30 bits per heavy atom. The Labute approximate surface area is 120 Å². The van der Waals surface area contributed by atoms with Crippen molar-refractivity contribution < 1.29 is 9.32 Å². The van der Waals surface area contributed by atoms with Gasteiger partial charge in [-0.15, -0.1) is 0 Å². The summed E-state index contributed by atoms with van der Waals surface area (Å²) in [5, 5.41) is 4.00. The molecule has 1 saturated heterocycles. The third-order valence-corrected chi connectivity index (χ3v) is 4.89. The number of hydrogen-bond donors (Lipinski definition) is 0. The van der Waals surface area contributed by atoms with Gasteiger partial charge in [-0.2, -0.15) is 0 Å². The van der Waals surface area contributed by atoms with Crippen LogP contribution in [0.5, 0.6) is 0 Å². The molecule has 0 bridgehead atoms. The Morgan fingerprint density at radius 2 is 1.95 bits per heavy atom. The molecule has 0 spiro atoms. The van der Waals surface area contributed by atoms with Gasteiger partial charge in [-0.1, -0.05) is 24.9 Å². The maximum atomic E-state index is 12.8. The molecule has 2 fully saturated rings. The van der Waals surface area contributed by atoms with Gasteiger partial charge in [-0.3, -0.25) is 4.79 Å². The minimum Gasteiger partial charge on any atom is -0.360 e. The number of rotatable bonds is 3. The zero-order chi connectivity index (χ0) is 14.1. The smallest absolute Gasteiger partial charge is 0.259 e. The van der Waals surface area contributed by atoms with Crippen molar-refractivity contribution in [3.8, 4) is 0 Å². The Morgan fingerprint density at radius 3 is 2.55 bits per heavy atom. The van der Waals surface area contributed by atoms with Crippen LogP contribution in [0.3, 0.4) is 0 Å². The van der Waals surface area contributed by atoms with Crippen LogP contribution < -0.4 is 0 Å². The van der Waals surface area contributed by atoms with E-state index in [1.54, 1.807) is 0 Å². The molecule has 3 rings (SSSR count). The molecule has 4 heteroatoms. The molecule has 2 atom stereocenters. The molecule has 2 aliphatic rings. The predicted molar refractivity (Wildman–Crippen MR) is 76.6 cm³/mol. The topological polar surface area (TPSA) is 46.3 Å². The quantitative estimate of drug-likeness (QED) is 0.851. The second-order valence-electron chi connectivity index (χ2n) is 6.33. The van der Waals surface area contributed by atoms with E-state index in [9.17, 15) is 4.79 Å². The summed E-state index contributed by atoms with van der Waals surface area (Å²) < 4.78 is 5.34. The first-order valence-electron chi connectivity index (χ1n) is 7.95. The normalized spacial score (nSPS) is 25.8. The van der Waals surface area contributed by atoms with Gasteiger partial charge in [0.1, 0.15) is 11.3 Å². The summed E-state index contributed by atoms with van der Waals surface area (Å²) in [6, 6.07) is 0. The van der Waals surface area contributed by atoms with Crippen molar-refractivity contribution in [2.24, 2.45) is 11.8 Å². The second kappa shape index (κ2) is 5.58. The van der Waals surface area contributed by atoms with E-state index >= 15 is 0 Å². The fourth-order valence-corrected chi connectivity index (χ4v) is 3.82. The average Bonchev–Trinajstić information content (AvgIpc) is 3.02. The van der Waals surface area contributed by atoms with E-state index in [0.717, 1.165) is 54.8 Å². The van der Waals surface area contributed by atoms with E-state index in [1.165, 1.54) is 25.7 Å². The van der Waals surface area contributed by atoms with Gasteiger partial charge in [0, 0.05) is 19.5 Å². The zero-order valence-corrected chi connectivity index (χ0v) is 12.5. The first-order valence-corrected chi connectivity index (χ1v) is 7.95. The first kappa shape index (κ1) is 13.7. The lowest BCUT2D eigenvalue weighted by Crippen LogP contribution is -2.30. The van der Waals surface area contributed by atoms with Gasteiger partial charge in [0.15, 0.2) is 0 Å². The SMILES string of the molecule is CCCc1onc(C)c1C(=O)N1CC2CCCCC2C1. The zero-order valence-electron chi connectivity index (χ0n) is 12.5. The Balaban J connectivity index is 1.78. The number of aromatic nitrogens is 1. The van der Waals surface area contributed by atoms with E-state index in [-0.39, 0.29) is 5.91 Å². The molecule has 1 aliphatic carbocycles. The summed E-state index contributed by atoms with van der Waals surface area (Å²) in [7, 11) is 0. The van der Waals surface area contributed by atoms with Crippen LogP contribution in [0.4, 0.5) is 0 Å². The van der Waals surface area contributed by atoms with Crippen LogP contribution in [0.25, 0.3) is 0 Å². The number of aryl methyl sites for hydroxylation is 2. The van der Waals surface area contributed by atoms with E-state index in [2.05, 4.69) is 12.1 Å². The fraction of sp³-hybridized carbons (Fsp3) is 0.750. The minimum absolute atomic E-state index is 0.140. The van der Waals surface area contributed by atoms with Crippen LogP contribution >= 0.6 is 0 Å². The molecule has 1 amide bonds. The van der Waals surface area contributed by atoms with Gasteiger partial charge in [-0.05, 0) is 38.0 Å². The first-order chi connectivity index (χ1) is 9.70. The van der Waals surface area contributed by atoms with Crippen LogP contribution in [-0.2, 0) is 6.42 Å². The molecule has 2 unspecified atom stereocenters. The fourth-order valence-electron chi connectivity index (χ4n) is 3.82. The molecule has 20 heavy (non-hydrogen) atoms. The number of carbonyl (C=O) groups is 1. The number of nitrogens with zero attached hydrogens (tertiary/aromatic N) is 2. The lowest BCUT2D eigenvalue weighted by Gasteiger charge is -2.22. The Bertz CT molecular complexity index is 481. The summed E-state index contributed by atoms with van der Waals surface area (Å²) in [4.78, 5) is 14.8. The average molecular weight is 276 g/mol. The van der Waals surface area contributed by atoms with Gasteiger partial charge in [0.2, 0.25) is 0 Å². The minimum atomic E-state index is 0.140. The summed E-state index contributed by atoms with van der Waals surface area (Å²) in [6.07, 6.45) is 7.01. The number of carbonyl (C=O) groups excluding carboxylic acids is 1. The van der Waals surface area contributed by atoms with Crippen LogP contribution in [0, 0.1) is 18.8 Å². The van der Waals surface area contributed by atoms with Gasteiger partial charge >= 0.3 is 0 Å². The summed E-state index contributed by atoms with van der Waals surface area (Å²) in [6.45, 7) is 5.83. The third kappa shape index (κ3) is 2.36. The highest BCUT2D eigenvalue weighted by molar-refractivity contribution is 5.96. The molecule has 4 nitrogen and oxygen atoms in total. The van der Waals surface area contributed by atoms with Crippen molar-refractivity contribution in [3.05, 3.63) is 17.0 Å². The Kier molecular flexibility index (Phi) is 3.81. The van der Waals surface area contributed by atoms with E-state index < -0.39 is 0 Å². The molecule has 1 aromatic heterocycles. The molecular weight excluding hydrogens is 252 g/mol. The highest BCUT2D eigenvalue weighted by atomic mass is 16.5. The summed E-state index contributed by atoms with van der Waals surface area (Å²) in [5.74, 6) is 2.36. The monoisotopic (exact) mass is 276 g/mol. The molecule has 0 N–H and O–H groups in total. The standard InChI is InChI=1S/C16H24N2O2/c1-3-6-14-15(11(2)17-20-14)16(19)18-9-12-7-4-5-8-13(12)10-18/h12-13H,3-10H2,1-2H3. The molecule has 0 aromatic carbocycles. The van der Waals surface area contributed by atoms with Gasteiger partial charge < -0.3 is 9.42 Å². The highest BCUT2D eigenvalue weighted by Gasteiger charge is 2.38. The highest BCUT2D eigenvalue weighted by Crippen LogP contribution is 2.37. The molecular formula is C16H24N2O2. The maximum absolute atomic E-state index is 12.8. The van der Waals surface area contributed by atoms with E-state index in [0.29, 0.717) is 0 Å².